The molecule has 3 heterocycles. The number of halogens is 3. The van der Waals surface area contributed by atoms with Crippen molar-refractivity contribution in [1.82, 2.24) is 9.88 Å². The Labute approximate surface area is 135 Å². The Morgan fingerprint density at radius 1 is 0.957 bits per heavy atom. The highest BCUT2D eigenvalue weighted by Crippen LogP contribution is 2.30. The number of rotatable bonds is 2. The van der Waals surface area contributed by atoms with Crippen molar-refractivity contribution in [2.75, 3.05) is 31.1 Å². The molecule has 1 unspecified atom stereocenters. The summed E-state index contributed by atoms with van der Waals surface area (Å²) in [6.45, 7) is 4.05. The van der Waals surface area contributed by atoms with Crippen molar-refractivity contribution in [1.29, 1.82) is 0 Å². The molecule has 0 saturated carbocycles. The number of hydrogen-bond donors (Lipinski definition) is 0. The van der Waals surface area contributed by atoms with Gasteiger partial charge in [-0.2, -0.15) is 13.2 Å². The number of nitrogens with zero attached hydrogens (tertiary/aromatic N) is 3. The summed E-state index contributed by atoms with van der Waals surface area (Å²) in [5, 5.41) is 0. The molecule has 3 nitrogen and oxygen atoms in total. The lowest BCUT2D eigenvalue weighted by Gasteiger charge is -2.39. The van der Waals surface area contributed by atoms with Crippen molar-refractivity contribution in [2.24, 2.45) is 0 Å². The molecule has 0 aromatic carbocycles. The normalized spacial score (nSPS) is 24.5. The van der Waals surface area contributed by atoms with Crippen molar-refractivity contribution in [3.05, 3.63) is 23.9 Å². The van der Waals surface area contributed by atoms with E-state index in [1.165, 1.54) is 38.2 Å². The van der Waals surface area contributed by atoms with E-state index in [1.807, 2.05) is 0 Å². The van der Waals surface area contributed by atoms with Gasteiger partial charge in [0.2, 0.25) is 0 Å². The molecule has 2 aliphatic heterocycles. The first-order valence-corrected chi connectivity index (χ1v) is 8.56. The van der Waals surface area contributed by atoms with E-state index in [1.54, 1.807) is 0 Å². The van der Waals surface area contributed by atoms with E-state index in [0.717, 1.165) is 44.9 Å². The van der Waals surface area contributed by atoms with Crippen LogP contribution in [0.15, 0.2) is 18.3 Å². The first-order chi connectivity index (χ1) is 11.0. The number of likely N-dealkylation sites (tertiary alicyclic amines) is 1. The number of hydrogen-bond acceptors (Lipinski definition) is 3. The summed E-state index contributed by atoms with van der Waals surface area (Å²) < 4.78 is 37.9. The molecule has 0 N–H and O–H groups in total. The van der Waals surface area contributed by atoms with Crippen LogP contribution >= 0.6 is 0 Å². The molecule has 128 valence electrons. The average molecular weight is 327 g/mol. The van der Waals surface area contributed by atoms with E-state index >= 15 is 0 Å². The zero-order chi connectivity index (χ0) is 16.3. The smallest absolute Gasteiger partial charge is 0.355 e. The molecule has 0 bridgehead atoms. The quantitative estimate of drug-likeness (QED) is 0.820. The maximum absolute atomic E-state index is 12.6. The predicted octanol–water partition coefficient (Wildman–Crippen LogP) is 3.95. The standard InChI is InChI=1S/C17H24F3N3/c18-17(19,20)14-7-8-16(21-12-14)23-11-5-6-15(13-23)22-9-3-1-2-4-10-22/h7-8,12,15H,1-6,9-11,13H2. The predicted molar refractivity (Wildman–Crippen MR) is 84.5 cm³/mol. The van der Waals surface area contributed by atoms with Crippen LogP contribution in [0.25, 0.3) is 0 Å². The molecule has 0 amide bonds. The van der Waals surface area contributed by atoms with Gasteiger partial charge < -0.3 is 4.90 Å². The van der Waals surface area contributed by atoms with Crippen LogP contribution in [-0.4, -0.2) is 42.1 Å². The van der Waals surface area contributed by atoms with Crippen LogP contribution in [0.3, 0.4) is 0 Å². The number of aromatic nitrogens is 1. The lowest BCUT2D eigenvalue weighted by Crippen LogP contribution is -2.48. The Morgan fingerprint density at radius 3 is 2.30 bits per heavy atom. The van der Waals surface area contributed by atoms with Gasteiger partial charge in [0.25, 0.3) is 0 Å². The van der Waals surface area contributed by atoms with Crippen molar-refractivity contribution < 1.29 is 13.2 Å². The molecule has 0 spiro atoms. The fourth-order valence-corrected chi connectivity index (χ4v) is 3.66. The van der Waals surface area contributed by atoms with Gasteiger partial charge in [0, 0.05) is 25.3 Å². The molecule has 0 radical (unpaired) electrons. The minimum atomic E-state index is -4.32. The van der Waals surface area contributed by atoms with E-state index in [-0.39, 0.29) is 0 Å². The van der Waals surface area contributed by atoms with Crippen molar-refractivity contribution >= 4 is 5.82 Å². The van der Waals surface area contributed by atoms with E-state index in [2.05, 4.69) is 14.8 Å². The number of alkyl halides is 3. The molecule has 0 aliphatic carbocycles. The lowest BCUT2D eigenvalue weighted by atomic mass is 10.0. The molecule has 1 atom stereocenters. The largest absolute Gasteiger partial charge is 0.417 e. The van der Waals surface area contributed by atoms with E-state index in [0.29, 0.717) is 11.9 Å². The summed E-state index contributed by atoms with van der Waals surface area (Å²) in [6.07, 6.45) is 4.03. The summed E-state index contributed by atoms with van der Waals surface area (Å²) in [4.78, 5) is 8.77. The maximum atomic E-state index is 12.6. The Hall–Kier alpha value is -1.30. The van der Waals surface area contributed by atoms with Gasteiger partial charge in [0.15, 0.2) is 0 Å². The SMILES string of the molecule is FC(F)(F)c1ccc(N2CCCC(N3CCCCCC3)C2)nc1. The van der Waals surface area contributed by atoms with Gasteiger partial charge in [0.1, 0.15) is 5.82 Å². The van der Waals surface area contributed by atoms with Gasteiger partial charge in [-0.25, -0.2) is 4.98 Å². The van der Waals surface area contributed by atoms with Crippen LogP contribution in [0.4, 0.5) is 19.0 Å². The third-order valence-electron chi connectivity index (χ3n) is 4.95. The van der Waals surface area contributed by atoms with Gasteiger partial charge >= 0.3 is 6.18 Å². The third-order valence-corrected chi connectivity index (χ3v) is 4.95. The monoisotopic (exact) mass is 327 g/mol. The Morgan fingerprint density at radius 2 is 1.70 bits per heavy atom. The highest BCUT2D eigenvalue weighted by atomic mass is 19.4. The van der Waals surface area contributed by atoms with Crippen LogP contribution in [-0.2, 0) is 6.18 Å². The first-order valence-electron chi connectivity index (χ1n) is 8.56. The van der Waals surface area contributed by atoms with E-state index < -0.39 is 11.7 Å². The van der Waals surface area contributed by atoms with Crippen molar-refractivity contribution in [2.45, 2.75) is 50.7 Å². The summed E-state index contributed by atoms with van der Waals surface area (Å²) in [5.74, 6) is 0.664. The summed E-state index contributed by atoms with van der Waals surface area (Å²) in [5.41, 5.74) is -0.678. The highest BCUT2D eigenvalue weighted by Gasteiger charge is 2.31. The molecule has 2 aliphatic rings. The fourth-order valence-electron chi connectivity index (χ4n) is 3.66. The zero-order valence-electron chi connectivity index (χ0n) is 13.4. The Kier molecular flexibility index (Phi) is 5.09. The van der Waals surface area contributed by atoms with Gasteiger partial charge in [-0.3, -0.25) is 4.90 Å². The van der Waals surface area contributed by atoms with Crippen molar-refractivity contribution in [3.8, 4) is 0 Å². The average Bonchev–Trinajstić information content (AvgIpc) is 2.84. The van der Waals surface area contributed by atoms with Crippen LogP contribution in [0.5, 0.6) is 0 Å². The summed E-state index contributed by atoms with van der Waals surface area (Å²) in [6, 6.07) is 3.15. The Balaban J connectivity index is 1.66. The minimum absolute atomic E-state index is 0.506. The maximum Gasteiger partial charge on any atom is 0.417 e. The van der Waals surface area contributed by atoms with Crippen LogP contribution < -0.4 is 4.90 Å². The molecule has 2 fully saturated rings. The number of anilines is 1. The molecule has 1 aromatic rings. The molecule has 23 heavy (non-hydrogen) atoms. The van der Waals surface area contributed by atoms with Crippen LogP contribution in [0.2, 0.25) is 0 Å². The first kappa shape index (κ1) is 16.6. The highest BCUT2D eigenvalue weighted by molar-refractivity contribution is 5.40. The molecule has 3 rings (SSSR count). The van der Waals surface area contributed by atoms with E-state index in [4.69, 9.17) is 0 Å². The summed E-state index contributed by atoms with van der Waals surface area (Å²) in [7, 11) is 0. The minimum Gasteiger partial charge on any atom is -0.355 e. The van der Waals surface area contributed by atoms with Gasteiger partial charge in [-0.1, -0.05) is 12.8 Å². The molecule has 6 heteroatoms. The zero-order valence-corrected chi connectivity index (χ0v) is 13.4. The second-order valence-corrected chi connectivity index (χ2v) is 6.60. The van der Waals surface area contributed by atoms with Crippen LogP contribution in [0, 0.1) is 0 Å². The van der Waals surface area contributed by atoms with Gasteiger partial charge in [-0.15, -0.1) is 0 Å². The van der Waals surface area contributed by atoms with Gasteiger partial charge in [0.05, 0.1) is 5.56 Å². The summed E-state index contributed by atoms with van der Waals surface area (Å²) >= 11 is 0. The lowest BCUT2D eigenvalue weighted by molar-refractivity contribution is -0.137. The fraction of sp³-hybridized carbons (Fsp3) is 0.706. The third kappa shape index (κ3) is 4.16. The molecule has 1 aromatic heterocycles. The second-order valence-electron chi connectivity index (χ2n) is 6.60. The number of pyridine rings is 1. The molecular formula is C17H24F3N3. The topological polar surface area (TPSA) is 19.4 Å². The second kappa shape index (κ2) is 7.07. The number of piperidine rings is 1. The van der Waals surface area contributed by atoms with Crippen LogP contribution in [0.1, 0.15) is 44.1 Å². The molecule has 2 saturated heterocycles. The van der Waals surface area contributed by atoms with Crippen molar-refractivity contribution in [3.63, 3.8) is 0 Å². The van der Waals surface area contributed by atoms with Gasteiger partial charge in [-0.05, 0) is 50.9 Å². The Bertz CT molecular complexity index is 493. The van der Waals surface area contributed by atoms with E-state index in [9.17, 15) is 13.2 Å². The molecular weight excluding hydrogens is 303 g/mol.